The fraction of sp³-hybridized carbons (Fsp3) is 0.263. The SMILES string of the molecule is COc1ccccc1C(C)(C)C(=O)Nc1cc(C(=O)O)cc(S(C)(=O)=O)c1. The highest BCUT2D eigenvalue weighted by Gasteiger charge is 2.33. The highest BCUT2D eigenvalue weighted by atomic mass is 32.2. The average Bonchev–Trinajstić information content (AvgIpc) is 2.60. The third-order valence-electron chi connectivity index (χ3n) is 4.19. The van der Waals surface area contributed by atoms with E-state index in [1.807, 2.05) is 0 Å². The lowest BCUT2D eigenvalue weighted by atomic mass is 9.83. The molecule has 0 bridgehead atoms. The zero-order valence-electron chi connectivity index (χ0n) is 15.4. The van der Waals surface area contributed by atoms with Crippen LogP contribution in [0, 0.1) is 0 Å². The van der Waals surface area contributed by atoms with Crippen molar-refractivity contribution in [3.8, 4) is 5.75 Å². The summed E-state index contributed by atoms with van der Waals surface area (Å²) < 4.78 is 29.0. The van der Waals surface area contributed by atoms with Gasteiger partial charge in [0.05, 0.1) is 23.0 Å². The lowest BCUT2D eigenvalue weighted by Gasteiger charge is -2.26. The molecule has 0 radical (unpaired) electrons. The Kier molecular flexibility index (Phi) is 5.60. The zero-order valence-corrected chi connectivity index (χ0v) is 16.3. The van der Waals surface area contributed by atoms with E-state index < -0.39 is 27.1 Å². The first-order valence-electron chi connectivity index (χ1n) is 8.00. The quantitative estimate of drug-likeness (QED) is 0.783. The van der Waals surface area contributed by atoms with Crippen LogP contribution >= 0.6 is 0 Å². The van der Waals surface area contributed by atoms with Crippen LogP contribution in [0.4, 0.5) is 5.69 Å². The van der Waals surface area contributed by atoms with Crippen molar-refractivity contribution in [2.45, 2.75) is 24.2 Å². The van der Waals surface area contributed by atoms with Crippen LogP contribution in [0.1, 0.15) is 29.8 Å². The van der Waals surface area contributed by atoms with Gasteiger partial charge in [-0.3, -0.25) is 4.79 Å². The second-order valence-electron chi connectivity index (χ2n) is 6.60. The lowest BCUT2D eigenvalue weighted by molar-refractivity contribution is -0.120. The molecule has 7 nitrogen and oxygen atoms in total. The van der Waals surface area contributed by atoms with E-state index in [-0.39, 0.29) is 16.1 Å². The number of carbonyl (C=O) groups excluding carboxylic acids is 1. The number of hydrogen-bond acceptors (Lipinski definition) is 5. The van der Waals surface area contributed by atoms with Gasteiger partial charge in [-0.15, -0.1) is 0 Å². The molecule has 0 saturated carbocycles. The van der Waals surface area contributed by atoms with Gasteiger partial charge in [0.2, 0.25) is 5.91 Å². The Morgan fingerprint density at radius 1 is 1.11 bits per heavy atom. The summed E-state index contributed by atoms with van der Waals surface area (Å²) in [5.74, 6) is -1.19. The van der Waals surface area contributed by atoms with E-state index in [1.54, 1.807) is 38.1 Å². The molecule has 0 spiro atoms. The molecule has 27 heavy (non-hydrogen) atoms. The van der Waals surface area contributed by atoms with Gasteiger partial charge < -0.3 is 15.2 Å². The number of carboxylic acid groups (broad SMARTS) is 1. The maximum absolute atomic E-state index is 12.9. The molecule has 0 aliphatic carbocycles. The molecule has 2 rings (SSSR count). The maximum atomic E-state index is 12.9. The molecule has 0 atom stereocenters. The average molecular weight is 391 g/mol. The number of ether oxygens (including phenoxy) is 1. The number of hydrogen-bond donors (Lipinski definition) is 2. The van der Waals surface area contributed by atoms with Gasteiger partial charge in [0.15, 0.2) is 9.84 Å². The normalized spacial score (nSPS) is 11.7. The Bertz CT molecular complexity index is 995. The van der Waals surface area contributed by atoms with E-state index >= 15 is 0 Å². The Hall–Kier alpha value is -2.87. The van der Waals surface area contributed by atoms with Crippen LogP contribution in [0.25, 0.3) is 0 Å². The third-order valence-corrected chi connectivity index (χ3v) is 5.28. The molecular formula is C19H21NO6S. The number of benzene rings is 2. The fourth-order valence-corrected chi connectivity index (χ4v) is 3.26. The lowest BCUT2D eigenvalue weighted by Crippen LogP contribution is -2.35. The molecule has 1 amide bonds. The third kappa shape index (κ3) is 4.46. The minimum Gasteiger partial charge on any atom is -0.496 e. The first-order chi connectivity index (χ1) is 12.5. The Balaban J connectivity index is 2.45. The van der Waals surface area contributed by atoms with Crippen molar-refractivity contribution < 1.29 is 27.9 Å². The fourth-order valence-electron chi connectivity index (χ4n) is 2.58. The van der Waals surface area contributed by atoms with Gasteiger partial charge in [-0.05, 0) is 38.1 Å². The maximum Gasteiger partial charge on any atom is 0.335 e. The molecule has 2 aromatic rings. The molecule has 0 heterocycles. The van der Waals surface area contributed by atoms with Crippen LogP contribution in [-0.2, 0) is 20.0 Å². The number of para-hydroxylation sites is 1. The second-order valence-corrected chi connectivity index (χ2v) is 8.62. The monoisotopic (exact) mass is 391 g/mol. The molecule has 0 unspecified atom stereocenters. The van der Waals surface area contributed by atoms with Crippen LogP contribution in [-0.4, -0.2) is 38.8 Å². The summed E-state index contributed by atoms with van der Waals surface area (Å²) in [6, 6.07) is 10.6. The van der Waals surface area contributed by atoms with Crippen molar-refractivity contribution in [1.82, 2.24) is 0 Å². The summed E-state index contributed by atoms with van der Waals surface area (Å²) in [5, 5.41) is 11.8. The summed E-state index contributed by atoms with van der Waals surface area (Å²) in [6.07, 6.45) is 0.971. The van der Waals surface area contributed by atoms with Crippen molar-refractivity contribution in [3.05, 3.63) is 53.6 Å². The minimum atomic E-state index is -3.65. The predicted molar refractivity (Wildman–Crippen MR) is 101 cm³/mol. The summed E-state index contributed by atoms with van der Waals surface area (Å²) in [5.41, 5.74) is -0.522. The summed E-state index contributed by atoms with van der Waals surface area (Å²) >= 11 is 0. The molecular weight excluding hydrogens is 370 g/mol. The standard InChI is InChI=1S/C19H21NO6S/c1-19(2,15-7-5-6-8-16(15)26-3)18(23)20-13-9-12(17(21)22)10-14(11-13)27(4,24)25/h5-11H,1-4H3,(H,20,23)(H,21,22). The van der Waals surface area contributed by atoms with Crippen LogP contribution in [0.3, 0.4) is 0 Å². The van der Waals surface area contributed by atoms with E-state index in [9.17, 15) is 23.1 Å². The largest absolute Gasteiger partial charge is 0.496 e. The first kappa shape index (κ1) is 20.4. The molecule has 0 aliphatic rings. The van der Waals surface area contributed by atoms with Gasteiger partial charge in [-0.25, -0.2) is 13.2 Å². The van der Waals surface area contributed by atoms with Gasteiger partial charge in [-0.2, -0.15) is 0 Å². The number of rotatable bonds is 6. The van der Waals surface area contributed by atoms with E-state index in [2.05, 4.69) is 5.32 Å². The van der Waals surface area contributed by atoms with Crippen molar-refractivity contribution in [3.63, 3.8) is 0 Å². The van der Waals surface area contributed by atoms with Crippen molar-refractivity contribution in [2.24, 2.45) is 0 Å². The molecule has 144 valence electrons. The molecule has 0 fully saturated rings. The Morgan fingerprint density at radius 3 is 2.30 bits per heavy atom. The van der Waals surface area contributed by atoms with E-state index in [0.717, 1.165) is 12.3 Å². The number of nitrogens with one attached hydrogen (secondary N) is 1. The highest BCUT2D eigenvalue weighted by molar-refractivity contribution is 7.90. The Morgan fingerprint density at radius 2 is 1.74 bits per heavy atom. The molecule has 0 saturated heterocycles. The Labute approximate surface area is 157 Å². The number of anilines is 1. The molecule has 8 heteroatoms. The van der Waals surface area contributed by atoms with Crippen LogP contribution in [0.5, 0.6) is 5.75 Å². The molecule has 0 aliphatic heterocycles. The van der Waals surface area contributed by atoms with Crippen molar-refractivity contribution >= 4 is 27.4 Å². The molecule has 2 N–H and O–H groups in total. The van der Waals surface area contributed by atoms with Gasteiger partial charge >= 0.3 is 5.97 Å². The van der Waals surface area contributed by atoms with Crippen LogP contribution < -0.4 is 10.1 Å². The number of carboxylic acids is 1. The summed E-state index contributed by atoms with van der Waals surface area (Å²) in [4.78, 5) is 24.0. The van der Waals surface area contributed by atoms with Gasteiger partial charge in [0, 0.05) is 17.5 Å². The van der Waals surface area contributed by atoms with Gasteiger partial charge in [0.1, 0.15) is 5.75 Å². The molecule has 2 aromatic carbocycles. The number of methoxy groups -OCH3 is 1. The number of aromatic carboxylic acids is 1. The van der Waals surface area contributed by atoms with Crippen molar-refractivity contribution in [2.75, 3.05) is 18.7 Å². The topological polar surface area (TPSA) is 110 Å². The number of sulfone groups is 1. The van der Waals surface area contributed by atoms with E-state index in [4.69, 9.17) is 4.74 Å². The summed E-state index contributed by atoms with van der Waals surface area (Å²) in [7, 11) is -2.15. The van der Waals surface area contributed by atoms with Crippen LogP contribution in [0.2, 0.25) is 0 Å². The zero-order chi connectivity index (χ0) is 20.4. The highest BCUT2D eigenvalue weighted by Crippen LogP contribution is 2.33. The second kappa shape index (κ2) is 7.40. The van der Waals surface area contributed by atoms with Gasteiger partial charge in [0.25, 0.3) is 0 Å². The number of carbonyl (C=O) groups is 2. The van der Waals surface area contributed by atoms with Crippen molar-refractivity contribution in [1.29, 1.82) is 0 Å². The number of amides is 1. The molecule has 0 aromatic heterocycles. The summed E-state index contributed by atoms with van der Waals surface area (Å²) in [6.45, 7) is 3.39. The van der Waals surface area contributed by atoms with E-state index in [1.165, 1.54) is 19.2 Å². The minimum absolute atomic E-state index is 0.0864. The smallest absolute Gasteiger partial charge is 0.335 e. The predicted octanol–water partition coefficient (Wildman–Crippen LogP) is 2.71. The van der Waals surface area contributed by atoms with Gasteiger partial charge in [-0.1, -0.05) is 18.2 Å². The first-order valence-corrected chi connectivity index (χ1v) is 9.89. The van der Waals surface area contributed by atoms with E-state index in [0.29, 0.717) is 11.3 Å². The van der Waals surface area contributed by atoms with Crippen LogP contribution in [0.15, 0.2) is 47.4 Å².